The molecule has 0 aromatic heterocycles. The zero-order valence-corrected chi connectivity index (χ0v) is 19.2. The number of carbonyl (C=O) groups is 2. The molecule has 2 atom stereocenters. The van der Waals surface area contributed by atoms with Crippen molar-refractivity contribution in [3.63, 3.8) is 0 Å². The molecule has 3 aromatic rings. The molecule has 1 aliphatic rings. The molecule has 3 aromatic carbocycles. The molecule has 0 bridgehead atoms. The van der Waals surface area contributed by atoms with E-state index in [1.165, 1.54) is 12.1 Å². The van der Waals surface area contributed by atoms with Gasteiger partial charge in [-0.2, -0.15) is 0 Å². The van der Waals surface area contributed by atoms with Crippen molar-refractivity contribution in [3.8, 4) is 11.5 Å². The SMILES string of the molecule is CCOc1c2c(c(OCC)c3ccccc13)C(O)N(c1ccc(C(CC)C(=O)O)c(F)c1)C2=O. The molecule has 7 nitrogen and oxygen atoms in total. The average Bonchev–Trinajstić information content (AvgIpc) is 3.07. The maximum Gasteiger partial charge on any atom is 0.311 e. The number of hydrogen-bond donors (Lipinski definition) is 2. The van der Waals surface area contributed by atoms with Crippen molar-refractivity contribution in [2.45, 2.75) is 39.3 Å². The van der Waals surface area contributed by atoms with Crippen molar-refractivity contribution in [2.24, 2.45) is 0 Å². The Hall–Kier alpha value is -3.65. The highest BCUT2D eigenvalue weighted by Gasteiger charge is 2.43. The number of ether oxygens (including phenoxy) is 2. The summed E-state index contributed by atoms with van der Waals surface area (Å²) in [6.45, 7) is 5.86. The summed E-state index contributed by atoms with van der Waals surface area (Å²) in [6, 6.07) is 11.2. The number of anilines is 1. The Kier molecular flexibility index (Phi) is 6.43. The zero-order chi connectivity index (χ0) is 24.6. The molecule has 4 rings (SSSR count). The van der Waals surface area contributed by atoms with Crippen molar-refractivity contribution in [2.75, 3.05) is 18.1 Å². The van der Waals surface area contributed by atoms with Crippen molar-refractivity contribution >= 4 is 28.3 Å². The van der Waals surface area contributed by atoms with E-state index in [2.05, 4.69) is 0 Å². The van der Waals surface area contributed by atoms with Gasteiger partial charge in [0.25, 0.3) is 5.91 Å². The van der Waals surface area contributed by atoms with Crippen LogP contribution < -0.4 is 14.4 Å². The number of carboxylic acids is 1. The van der Waals surface area contributed by atoms with Gasteiger partial charge in [-0.05, 0) is 32.4 Å². The highest BCUT2D eigenvalue weighted by Crippen LogP contribution is 2.50. The largest absolute Gasteiger partial charge is 0.493 e. The molecule has 0 fully saturated rings. The zero-order valence-electron chi connectivity index (χ0n) is 19.2. The normalized spacial score (nSPS) is 16.0. The number of carboxylic acid groups (broad SMARTS) is 1. The highest BCUT2D eigenvalue weighted by atomic mass is 19.1. The lowest BCUT2D eigenvalue weighted by atomic mass is 9.96. The van der Waals surface area contributed by atoms with Gasteiger partial charge in [-0.3, -0.25) is 14.5 Å². The fourth-order valence-corrected chi connectivity index (χ4v) is 4.54. The summed E-state index contributed by atoms with van der Waals surface area (Å²) in [6.07, 6.45) is -1.23. The molecule has 0 saturated carbocycles. The minimum Gasteiger partial charge on any atom is -0.493 e. The molecule has 2 unspecified atom stereocenters. The minimum absolute atomic E-state index is 0.0214. The van der Waals surface area contributed by atoms with E-state index in [0.29, 0.717) is 35.5 Å². The van der Waals surface area contributed by atoms with Crippen molar-refractivity contribution in [3.05, 3.63) is 65.0 Å². The van der Waals surface area contributed by atoms with Gasteiger partial charge in [-0.1, -0.05) is 37.3 Å². The summed E-state index contributed by atoms with van der Waals surface area (Å²) in [4.78, 5) is 26.2. The van der Waals surface area contributed by atoms with Gasteiger partial charge >= 0.3 is 5.97 Å². The third-order valence-electron chi connectivity index (χ3n) is 6.01. The quantitative estimate of drug-likeness (QED) is 0.484. The summed E-state index contributed by atoms with van der Waals surface area (Å²) in [5.74, 6) is -2.76. The number of halogens is 1. The topological polar surface area (TPSA) is 96.3 Å². The molecule has 0 spiro atoms. The van der Waals surface area contributed by atoms with Crippen LogP contribution in [0.5, 0.6) is 11.5 Å². The molecule has 1 amide bonds. The van der Waals surface area contributed by atoms with E-state index in [1.807, 2.05) is 24.3 Å². The molecule has 2 N–H and O–H groups in total. The Morgan fingerprint density at radius 2 is 1.68 bits per heavy atom. The summed E-state index contributed by atoms with van der Waals surface area (Å²) in [5, 5.41) is 22.0. The lowest BCUT2D eigenvalue weighted by Crippen LogP contribution is -2.28. The smallest absolute Gasteiger partial charge is 0.311 e. The van der Waals surface area contributed by atoms with Gasteiger partial charge in [0, 0.05) is 22.0 Å². The van der Waals surface area contributed by atoms with Crippen LogP contribution >= 0.6 is 0 Å². The highest BCUT2D eigenvalue weighted by molar-refractivity contribution is 6.17. The number of rotatable bonds is 8. The first-order chi connectivity index (χ1) is 16.3. The number of hydrogen-bond acceptors (Lipinski definition) is 5. The number of aliphatic carboxylic acids is 1. The van der Waals surface area contributed by atoms with E-state index in [4.69, 9.17) is 9.47 Å². The first-order valence-corrected chi connectivity index (χ1v) is 11.2. The average molecular weight is 467 g/mol. The Morgan fingerprint density at radius 3 is 2.24 bits per heavy atom. The van der Waals surface area contributed by atoms with Gasteiger partial charge in [0.2, 0.25) is 0 Å². The molecule has 178 valence electrons. The Labute approximate surface area is 196 Å². The molecular formula is C26H26FNO6. The van der Waals surface area contributed by atoms with E-state index in [1.54, 1.807) is 20.8 Å². The molecule has 1 heterocycles. The fourth-order valence-electron chi connectivity index (χ4n) is 4.54. The standard InChI is InChI=1S/C26H26FNO6/c1-4-15(26(31)32)16-12-11-14(13-19(16)27)28-24(29)20-21(25(28)30)23(34-6-3)18-10-8-7-9-17(18)22(20)33-5-2/h7-13,15,24,29H,4-6H2,1-3H3,(H,31,32). The van der Waals surface area contributed by atoms with Gasteiger partial charge < -0.3 is 19.7 Å². The van der Waals surface area contributed by atoms with Crippen LogP contribution in [0.4, 0.5) is 10.1 Å². The van der Waals surface area contributed by atoms with Gasteiger partial charge in [0.05, 0.1) is 30.3 Å². The van der Waals surface area contributed by atoms with Crippen LogP contribution in [-0.2, 0) is 4.79 Å². The summed E-state index contributed by atoms with van der Waals surface area (Å²) >= 11 is 0. The fraction of sp³-hybridized carbons (Fsp3) is 0.308. The lowest BCUT2D eigenvalue weighted by molar-refractivity contribution is -0.138. The third kappa shape index (κ3) is 3.64. The predicted octanol–water partition coefficient (Wildman–Crippen LogP) is 5.01. The minimum atomic E-state index is -1.44. The lowest BCUT2D eigenvalue weighted by Gasteiger charge is -2.23. The van der Waals surface area contributed by atoms with E-state index in [-0.39, 0.29) is 28.8 Å². The molecule has 1 aliphatic heterocycles. The molecule has 34 heavy (non-hydrogen) atoms. The molecule has 0 saturated heterocycles. The van der Waals surface area contributed by atoms with Crippen molar-refractivity contribution in [1.82, 2.24) is 0 Å². The predicted molar refractivity (Wildman–Crippen MR) is 125 cm³/mol. The van der Waals surface area contributed by atoms with E-state index < -0.39 is 29.8 Å². The number of aliphatic hydroxyl groups is 1. The van der Waals surface area contributed by atoms with Crippen LogP contribution in [0.25, 0.3) is 10.8 Å². The molecule has 8 heteroatoms. The van der Waals surface area contributed by atoms with Crippen LogP contribution in [-0.4, -0.2) is 35.3 Å². The number of nitrogens with zero attached hydrogens (tertiary/aromatic N) is 1. The second-order valence-electron chi connectivity index (χ2n) is 7.91. The van der Waals surface area contributed by atoms with Crippen LogP contribution in [0.2, 0.25) is 0 Å². The monoisotopic (exact) mass is 467 g/mol. The van der Waals surface area contributed by atoms with E-state index in [0.717, 1.165) is 11.0 Å². The van der Waals surface area contributed by atoms with Crippen LogP contribution in [0, 0.1) is 5.82 Å². The number of amides is 1. The van der Waals surface area contributed by atoms with Gasteiger partial charge in [-0.15, -0.1) is 0 Å². The van der Waals surface area contributed by atoms with Gasteiger partial charge in [0.1, 0.15) is 17.3 Å². The number of aliphatic hydroxyl groups excluding tert-OH is 1. The van der Waals surface area contributed by atoms with Gasteiger partial charge in [-0.25, -0.2) is 4.39 Å². The van der Waals surface area contributed by atoms with Crippen LogP contribution in [0.1, 0.15) is 60.8 Å². The molecular weight excluding hydrogens is 441 g/mol. The summed E-state index contributed by atoms with van der Waals surface area (Å²) in [7, 11) is 0. The third-order valence-corrected chi connectivity index (χ3v) is 6.01. The summed E-state index contributed by atoms with van der Waals surface area (Å²) < 4.78 is 26.7. The maximum absolute atomic E-state index is 15.0. The number of carbonyl (C=O) groups excluding carboxylic acids is 1. The van der Waals surface area contributed by atoms with Crippen molar-refractivity contribution in [1.29, 1.82) is 0 Å². The van der Waals surface area contributed by atoms with E-state index in [9.17, 15) is 24.2 Å². The Balaban J connectivity index is 1.90. The first-order valence-electron chi connectivity index (χ1n) is 11.2. The molecule has 0 aliphatic carbocycles. The number of benzene rings is 3. The van der Waals surface area contributed by atoms with Crippen LogP contribution in [0.15, 0.2) is 42.5 Å². The second kappa shape index (κ2) is 9.30. The van der Waals surface area contributed by atoms with Gasteiger partial charge in [0.15, 0.2) is 6.23 Å². The first kappa shape index (κ1) is 23.5. The number of fused-ring (bicyclic) bond motifs is 2. The summed E-state index contributed by atoms with van der Waals surface area (Å²) in [5.41, 5.74) is 0.547. The van der Waals surface area contributed by atoms with Crippen molar-refractivity contribution < 1.29 is 33.7 Å². The molecule has 0 radical (unpaired) electrons. The van der Waals surface area contributed by atoms with E-state index >= 15 is 0 Å². The Morgan fingerprint density at radius 1 is 1.06 bits per heavy atom. The second-order valence-corrected chi connectivity index (χ2v) is 7.91. The van der Waals surface area contributed by atoms with Crippen LogP contribution in [0.3, 0.4) is 0 Å². The maximum atomic E-state index is 15.0. The Bertz CT molecular complexity index is 1270.